The number of halogens is 1. The molecule has 1 rings (SSSR count). The molecule has 0 aliphatic carbocycles. The van der Waals surface area contributed by atoms with E-state index in [1.165, 1.54) is 0 Å². The molecule has 0 amide bonds. The fourth-order valence-corrected chi connectivity index (χ4v) is 1.86. The summed E-state index contributed by atoms with van der Waals surface area (Å²) in [5.74, 6) is -0.876. The molecule has 17 heavy (non-hydrogen) atoms. The van der Waals surface area contributed by atoms with Crippen LogP contribution < -0.4 is 5.32 Å². The third kappa shape index (κ3) is 3.20. The number of nitrogens with zero attached hydrogens (tertiary/aromatic N) is 2. The summed E-state index contributed by atoms with van der Waals surface area (Å²) in [5.41, 5.74) is 1.70. The molecule has 0 radical (unpaired) electrons. The van der Waals surface area contributed by atoms with Crippen LogP contribution in [0.25, 0.3) is 0 Å². The Morgan fingerprint density at radius 2 is 2.24 bits per heavy atom. The lowest BCUT2D eigenvalue weighted by Crippen LogP contribution is -2.33. The highest BCUT2D eigenvalue weighted by atomic mass is 35.5. The number of rotatable bonds is 6. The van der Waals surface area contributed by atoms with E-state index in [1.54, 1.807) is 6.92 Å². The average molecular weight is 260 g/mol. The van der Waals surface area contributed by atoms with Crippen molar-refractivity contribution < 1.29 is 9.90 Å². The number of carboxylic acid groups (broad SMARTS) is 1. The molecule has 6 heteroatoms. The number of aryl methyl sites for hydroxylation is 2. The molecule has 96 valence electrons. The highest BCUT2D eigenvalue weighted by molar-refractivity contribution is 6.31. The number of aliphatic carboxylic acids is 1. The van der Waals surface area contributed by atoms with Crippen molar-refractivity contribution >= 4 is 17.6 Å². The summed E-state index contributed by atoms with van der Waals surface area (Å²) >= 11 is 6.20. The molecule has 0 aliphatic rings. The Bertz CT molecular complexity index is 404. The van der Waals surface area contributed by atoms with E-state index in [2.05, 4.69) is 10.4 Å². The summed E-state index contributed by atoms with van der Waals surface area (Å²) in [6.07, 6.45) is 0.771. The van der Waals surface area contributed by atoms with E-state index in [0.29, 0.717) is 11.6 Å². The average Bonchev–Trinajstić information content (AvgIpc) is 2.62. The van der Waals surface area contributed by atoms with Crippen LogP contribution in [0.1, 0.15) is 32.2 Å². The van der Waals surface area contributed by atoms with Crippen molar-refractivity contribution in [2.24, 2.45) is 0 Å². The third-order valence-electron chi connectivity index (χ3n) is 2.64. The van der Waals surface area contributed by atoms with Gasteiger partial charge < -0.3 is 5.11 Å². The smallest absolute Gasteiger partial charge is 0.320 e. The number of nitrogens with one attached hydrogen (secondary N) is 1. The van der Waals surface area contributed by atoms with Crippen molar-refractivity contribution in [3.8, 4) is 0 Å². The van der Waals surface area contributed by atoms with E-state index in [4.69, 9.17) is 16.7 Å². The van der Waals surface area contributed by atoms with Gasteiger partial charge in [0.15, 0.2) is 0 Å². The van der Waals surface area contributed by atoms with E-state index in [1.807, 2.05) is 18.5 Å². The maximum absolute atomic E-state index is 10.7. The minimum Gasteiger partial charge on any atom is -0.480 e. The Morgan fingerprint density at radius 3 is 2.71 bits per heavy atom. The number of carboxylic acids is 1. The number of aromatic nitrogens is 2. The minimum atomic E-state index is -0.876. The zero-order chi connectivity index (χ0) is 13.0. The zero-order valence-electron chi connectivity index (χ0n) is 10.3. The monoisotopic (exact) mass is 259 g/mol. The van der Waals surface area contributed by atoms with Gasteiger partial charge >= 0.3 is 5.97 Å². The normalized spacial score (nSPS) is 12.7. The lowest BCUT2D eigenvalue weighted by atomic mass is 10.2. The van der Waals surface area contributed by atoms with E-state index >= 15 is 0 Å². The van der Waals surface area contributed by atoms with Gasteiger partial charge in [-0.05, 0) is 20.3 Å². The fraction of sp³-hybridized carbons (Fsp3) is 0.636. The lowest BCUT2D eigenvalue weighted by molar-refractivity contribution is -0.139. The SMILES string of the molecule is CCc1nn(CC)c(CN[C@H](C)C(=O)O)c1Cl. The van der Waals surface area contributed by atoms with Crippen LogP contribution in [0.4, 0.5) is 0 Å². The van der Waals surface area contributed by atoms with Gasteiger partial charge in [-0.2, -0.15) is 5.10 Å². The summed E-state index contributed by atoms with van der Waals surface area (Å²) in [4.78, 5) is 10.7. The Morgan fingerprint density at radius 1 is 1.59 bits per heavy atom. The molecular weight excluding hydrogens is 242 g/mol. The second kappa shape index (κ2) is 6.02. The highest BCUT2D eigenvalue weighted by Crippen LogP contribution is 2.21. The summed E-state index contributed by atoms with van der Waals surface area (Å²) in [6.45, 7) is 6.70. The Hall–Kier alpha value is -1.07. The summed E-state index contributed by atoms with van der Waals surface area (Å²) in [6, 6.07) is -0.601. The molecule has 5 nitrogen and oxygen atoms in total. The fourth-order valence-electron chi connectivity index (χ4n) is 1.52. The second-order valence-corrected chi connectivity index (χ2v) is 4.20. The zero-order valence-corrected chi connectivity index (χ0v) is 11.1. The molecular formula is C11H18ClN3O2. The first-order chi connectivity index (χ1) is 8.01. The van der Waals surface area contributed by atoms with Crippen molar-refractivity contribution in [2.75, 3.05) is 0 Å². The molecule has 1 aromatic heterocycles. The van der Waals surface area contributed by atoms with Crippen LogP contribution in [0.15, 0.2) is 0 Å². The molecule has 1 aromatic rings. The van der Waals surface area contributed by atoms with Crippen molar-refractivity contribution in [3.63, 3.8) is 0 Å². The quantitative estimate of drug-likeness (QED) is 0.816. The topological polar surface area (TPSA) is 67.2 Å². The van der Waals surface area contributed by atoms with Gasteiger partial charge in [-0.15, -0.1) is 0 Å². The number of carbonyl (C=O) groups is 1. The van der Waals surface area contributed by atoms with Crippen LogP contribution in [0.5, 0.6) is 0 Å². The molecule has 0 spiro atoms. The van der Waals surface area contributed by atoms with Crippen LogP contribution in [0.3, 0.4) is 0 Å². The van der Waals surface area contributed by atoms with Crippen LogP contribution in [-0.4, -0.2) is 26.9 Å². The summed E-state index contributed by atoms with van der Waals surface area (Å²) in [7, 11) is 0. The molecule has 0 saturated carbocycles. The molecule has 0 fully saturated rings. The second-order valence-electron chi connectivity index (χ2n) is 3.82. The van der Waals surface area contributed by atoms with Crippen LogP contribution in [-0.2, 0) is 24.3 Å². The summed E-state index contributed by atoms with van der Waals surface area (Å²) < 4.78 is 1.81. The van der Waals surface area contributed by atoms with Gasteiger partial charge in [0.05, 0.1) is 16.4 Å². The maximum Gasteiger partial charge on any atom is 0.320 e. The molecule has 1 heterocycles. The Labute approximate surface area is 106 Å². The minimum absolute atomic E-state index is 0.410. The lowest BCUT2D eigenvalue weighted by Gasteiger charge is -2.10. The van der Waals surface area contributed by atoms with Crippen LogP contribution >= 0.6 is 11.6 Å². The predicted octanol–water partition coefficient (Wildman–Crippen LogP) is 1.68. The number of hydrogen-bond acceptors (Lipinski definition) is 3. The van der Waals surface area contributed by atoms with Crippen molar-refractivity contribution in [2.45, 2.75) is 46.3 Å². The first-order valence-corrected chi connectivity index (χ1v) is 6.09. The van der Waals surface area contributed by atoms with E-state index in [9.17, 15) is 4.79 Å². The molecule has 0 saturated heterocycles. The molecule has 2 N–H and O–H groups in total. The van der Waals surface area contributed by atoms with Crippen molar-refractivity contribution in [3.05, 3.63) is 16.4 Å². The molecule has 0 aromatic carbocycles. The molecule has 0 unspecified atom stereocenters. The standard InChI is InChI=1S/C11H18ClN3O2/c1-4-8-10(12)9(15(5-2)14-8)6-13-7(3)11(16)17/h7,13H,4-6H2,1-3H3,(H,16,17)/t7-/m1/s1. The van der Waals surface area contributed by atoms with E-state index in [-0.39, 0.29) is 0 Å². The van der Waals surface area contributed by atoms with Gasteiger partial charge in [-0.1, -0.05) is 18.5 Å². The number of hydrogen-bond donors (Lipinski definition) is 2. The van der Waals surface area contributed by atoms with Crippen molar-refractivity contribution in [1.82, 2.24) is 15.1 Å². The first kappa shape index (κ1) is 14.0. The summed E-state index contributed by atoms with van der Waals surface area (Å²) in [5, 5.41) is 16.7. The molecule has 1 atom stereocenters. The van der Waals surface area contributed by atoms with E-state index in [0.717, 1.165) is 24.4 Å². The van der Waals surface area contributed by atoms with Gasteiger partial charge in [0.2, 0.25) is 0 Å². The maximum atomic E-state index is 10.7. The van der Waals surface area contributed by atoms with Crippen LogP contribution in [0.2, 0.25) is 5.02 Å². The van der Waals surface area contributed by atoms with Crippen molar-refractivity contribution in [1.29, 1.82) is 0 Å². The first-order valence-electron chi connectivity index (χ1n) is 5.71. The molecule has 0 bridgehead atoms. The Kier molecular flexibility index (Phi) is 4.96. The molecule has 0 aliphatic heterocycles. The Balaban J connectivity index is 2.82. The van der Waals surface area contributed by atoms with Gasteiger partial charge in [0.25, 0.3) is 0 Å². The predicted molar refractivity (Wildman–Crippen MR) is 66.2 cm³/mol. The van der Waals surface area contributed by atoms with Gasteiger partial charge in [0.1, 0.15) is 6.04 Å². The van der Waals surface area contributed by atoms with Gasteiger partial charge in [-0.3, -0.25) is 14.8 Å². The van der Waals surface area contributed by atoms with Crippen LogP contribution in [0, 0.1) is 0 Å². The van der Waals surface area contributed by atoms with Gasteiger partial charge in [0, 0.05) is 13.1 Å². The highest BCUT2D eigenvalue weighted by Gasteiger charge is 2.16. The van der Waals surface area contributed by atoms with E-state index < -0.39 is 12.0 Å². The third-order valence-corrected chi connectivity index (χ3v) is 3.08. The van der Waals surface area contributed by atoms with Gasteiger partial charge in [-0.25, -0.2) is 0 Å². The largest absolute Gasteiger partial charge is 0.480 e.